The van der Waals surface area contributed by atoms with Gasteiger partial charge in [0.25, 0.3) is 0 Å². The van der Waals surface area contributed by atoms with Gasteiger partial charge in [-0.25, -0.2) is 0 Å². The van der Waals surface area contributed by atoms with Gasteiger partial charge in [0.15, 0.2) is 0 Å². The first kappa shape index (κ1) is 16.7. The van der Waals surface area contributed by atoms with E-state index in [-0.39, 0.29) is 6.04 Å². The lowest BCUT2D eigenvalue weighted by molar-refractivity contribution is -0.139. The molecule has 0 spiro atoms. The number of nitrogens with one attached hydrogen (secondary N) is 2. The first-order valence-electron chi connectivity index (χ1n) is 7.65. The highest BCUT2D eigenvalue weighted by molar-refractivity contribution is 7.07. The molecule has 22 heavy (non-hydrogen) atoms. The van der Waals surface area contributed by atoms with E-state index in [4.69, 9.17) is 0 Å². The molecule has 1 aromatic rings. The normalized spacial score (nSPS) is 16.7. The van der Waals surface area contributed by atoms with E-state index in [0.717, 1.165) is 13.1 Å². The number of hydrogen-bond donors (Lipinski definition) is 2. The van der Waals surface area contributed by atoms with Gasteiger partial charge in [-0.15, -0.1) is 6.58 Å². The Morgan fingerprint density at radius 1 is 1.27 bits per heavy atom. The summed E-state index contributed by atoms with van der Waals surface area (Å²) in [6.45, 7) is 6.34. The summed E-state index contributed by atoms with van der Waals surface area (Å²) in [6.07, 6.45) is 5.19. The van der Waals surface area contributed by atoms with Crippen molar-refractivity contribution < 1.29 is 9.59 Å². The van der Waals surface area contributed by atoms with Gasteiger partial charge >= 0.3 is 11.8 Å². The molecule has 120 valence electrons. The summed E-state index contributed by atoms with van der Waals surface area (Å²) < 4.78 is 0. The van der Waals surface area contributed by atoms with E-state index in [1.54, 1.807) is 17.4 Å². The molecule has 0 bridgehead atoms. The second-order valence-corrected chi connectivity index (χ2v) is 6.16. The molecule has 1 fully saturated rings. The van der Waals surface area contributed by atoms with Crippen LogP contribution in [0.3, 0.4) is 0 Å². The molecule has 2 rings (SSSR count). The molecular formula is C16H23N3O2S. The second-order valence-electron chi connectivity index (χ2n) is 5.38. The van der Waals surface area contributed by atoms with Gasteiger partial charge in [-0.2, -0.15) is 11.3 Å². The van der Waals surface area contributed by atoms with Crippen LogP contribution in [-0.2, 0) is 9.59 Å². The lowest BCUT2D eigenvalue weighted by atomic mass is 10.0. The summed E-state index contributed by atoms with van der Waals surface area (Å²) in [6, 6.07) is 2.23. The minimum atomic E-state index is -0.609. The summed E-state index contributed by atoms with van der Waals surface area (Å²) in [5.41, 5.74) is 1.21. The Labute approximate surface area is 135 Å². The number of nitrogens with zero attached hydrogens (tertiary/aromatic N) is 1. The van der Waals surface area contributed by atoms with Crippen molar-refractivity contribution in [1.82, 2.24) is 15.5 Å². The summed E-state index contributed by atoms with van der Waals surface area (Å²) in [7, 11) is 0. The van der Waals surface area contributed by atoms with Gasteiger partial charge in [-0.05, 0) is 48.3 Å². The maximum absolute atomic E-state index is 11.8. The Balaban J connectivity index is 1.93. The summed E-state index contributed by atoms with van der Waals surface area (Å²) in [5.74, 6) is -1.19. The smallest absolute Gasteiger partial charge is 0.309 e. The third-order valence-corrected chi connectivity index (χ3v) is 4.53. The Bertz CT molecular complexity index is 495. The maximum Gasteiger partial charge on any atom is 0.309 e. The van der Waals surface area contributed by atoms with Gasteiger partial charge in [0, 0.05) is 13.1 Å². The van der Waals surface area contributed by atoms with Crippen molar-refractivity contribution in [2.75, 3.05) is 26.2 Å². The third kappa shape index (κ3) is 4.68. The van der Waals surface area contributed by atoms with Crippen molar-refractivity contribution in [3.05, 3.63) is 35.0 Å². The average molecular weight is 321 g/mol. The largest absolute Gasteiger partial charge is 0.346 e. The second kappa shape index (κ2) is 8.70. The zero-order chi connectivity index (χ0) is 15.8. The van der Waals surface area contributed by atoms with Crippen LogP contribution in [0.5, 0.6) is 0 Å². The average Bonchev–Trinajstić information content (AvgIpc) is 3.08. The number of amides is 2. The van der Waals surface area contributed by atoms with Crippen LogP contribution in [0.1, 0.15) is 30.9 Å². The quantitative estimate of drug-likeness (QED) is 0.619. The molecule has 5 nitrogen and oxygen atoms in total. The number of thiophene rings is 1. The molecular weight excluding hydrogens is 298 g/mol. The lowest BCUT2D eigenvalue weighted by Crippen LogP contribution is -2.45. The number of piperidine rings is 1. The first-order chi connectivity index (χ1) is 10.7. The van der Waals surface area contributed by atoms with Crippen LogP contribution in [0.25, 0.3) is 0 Å². The number of carbonyl (C=O) groups excluding carboxylic acids is 2. The molecule has 1 aromatic heterocycles. The van der Waals surface area contributed by atoms with Gasteiger partial charge in [0.1, 0.15) is 0 Å². The summed E-state index contributed by atoms with van der Waals surface area (Å²) >= 11 is 1.65. The third-order valence-electron chi connectivity index (χ3n) is 3.83. The van der Waals surface area contributed by atoms with E-state index in [0.29, 0.717) is 13.1 Å². The van der Waals surface area contributed by atoms with E-state index in [1.165, 1.54) is 24.8 Å². The van der Waals surface area contributed by atoms with E-state index < -0.39 is 11.8 Å². The Morgan fingerprint density at radius 2 is 2.00 bits per heavy atom. The van der Waals surface area contributed by atoms with Gasteiger partial charge < -0.3 is 10.6 Å². The van der Waals surface area contributed by atoms with Crippen LogP contribution in [0.15, 0.2) is 29.5 Å². The first-order valence-corrected chi connectivity index (χ1v) is 8.59. The summed E-state index contributed by atoms with van der Waals surface area (Å²) in [5, 5.41) is 9.41. The molecule has 1 saturated heterocycles. The number of likely N-dealkylation sites (tertiary alicyclic amines) is 1. The van der Waals surface area contributed by atoms with Crippen LogP contribution in [0.2, 0.25) is 0 Å². The molecule has 0 aromatic carbocycles. The highest BCUT2D eigenvalue weighted by atomic mass is 32.1. The van der Waals surface area contributed by atoms with Gasteiger partial charge in [-0.1, -0.05) is 12.5 Å². The fourth-order valence-electron chi connectivity index (χ4n) is 2.67. The minimum Gasteiger partial charge on any atom is -0.346 e. The molecule has 1 atom stereocenters. The Morgan fingerprint density at radius 3 is 2.64 bits per heavy atom. The monoisotopic (exact) mass is 321 g/mol. The van der Waals surface area contributed by atoms with Crippen LogP contribution in [0.4, 0.5) is 0 Å². The minimum absolute atomic E-state index is 0.141. The number of hydrogen-bond acceptors (Lipinski definition) is 4. The predicted octanol–water partition coefficient (Wildman–Crippen LogP) is 1.69. The zero-order valence-corrected chi connectivity index (χ0v) is 13.5. The molecule has 2 N–H and O–H groups in total. The predicted molar refractivity (Wildman–Crippen MR) is 88.7 cm³/mol. The molecule has 0 aliphatic carbocycles. The molecule has 1 unspecified atom stereocenters. The lowest BCUT2D eigenvalue weighted by Gasteiger charge is -2.34. The van der Waals surface area contributed by atoms with Crippen molar-refractivity contribution in [2.45, 2.75) is 25.3 Å². The molecule has 0 radical (unpaired) electrons. The highest BCUT2D eigenvalue weighted by Crippen LogP contribution is 2.25. The van der Waals surface area contributed by atoms with Gasteiger partial charge in [-0.3, -0.25) is 14.5 Å². The highest BCUT2D eigenvalue weighted by Gasteiger charge is 2.24. The van der Waals surface area contributed by atoms with E-state index >= 15 is 0 Å². The van der Waals surface area contributed by atoms with Crippen LogP contribution < -0.4 is 10.6 Å². The van der Waals surface area contributed by atoms with Crippen molar-refractivity contribution >= 4 is 23.2 Å². The fraction of sp³-hybridized carbons (Fsp3) is 0.500. The van der Waals surface area contributed by atoms with Crippen LogP contribution in [0, 0.1) is 0 Å². The van der Waals surface area contributed by atoms with Gasteiger partial charge in [0.05, 0.1) is 6.04 Å². The van der Waals surface area contributed by atoms with Crippen molar-refractivity contribution in [3.63, 3.8) is 0 Å². The molecule has 0 saturated carbocycles. The SMILES string of the molecule is C=CCNC(=O)C(=O)NCC(c1ccsc1)N1CCCCC1. The standard InChI is InChI=1S/C16H23N3O2S/c1-2-7-17-15(20)16(21)18-11-14(13-6-10-22-12-13)19-8-4-3-5-9-19/h2,6,10,12,14H,1,3-5,7-9,11H2,(H,17,20)(H,18,21). The zero-order valence-electron chi connectivity index (χ0n) is 12.7. The van der Waals surface area contributed by atoms with Crippen molar-refractivity contribution in [1.29, 1.82) is 0 Å². The molecule has 1 aliphatic heterocycles. The van der Waals surface area contributed by atoms with E-state index in [9.17, 15) is 9.59 Å². The van der Waals surface area contributed by atoms with Crippen LogP contribution in [-0.4, -0.2) is 42.9 Å². The number of rotatable bonds is 6. The molecule has 6 heteroatoms. The van der Waals surface area contributed by atoms with Crippen LogP contribution >= 0.6 is 11.3 Å². The van der Waals surface area contributed by atoms with E-state index in [1.807, 2.05) is 5.38 Å². The number of carbonyl (C=O) groups is 2. The maximum atomic E-state index is 11.8. The molecule has 2 heterocycles. The summed E-state index contributed by atoms with van der Waals surface area (Å²) in [4.78, 5) is 25.8. The fourth-order valence-corrected chi connectivity index (χ4v) is 3.37. The van der Waals surface area contributed by atoms with E-state index in [2.05, 4.69) is 33.6 Å². The molecule has 2 amide bonds. The van der Waals surface area contributed by atoms with Crippen molar-refractivity contribution in [2.24, 2.45) is 0 Å². The molecule has 1 aliphatic rings. The van der Waals surface area contributed by atoms with Crippen molar-refractivity contribution in [3.8, 4) is 0 Å². The topological polar surface area (TPSA) is 61.4 Å². The van der Waals surface area contributed by atoms with Gasteiger partial charge in [0.2, 0.25) is 0 Å². The Kier molecular flexibility index (Phi) is 6.61. The Hall–Kier alpha value is -1.66.